The number of carboxylic acids is 1. The van der Waals surface area contributed by atoms with E-state index in [-0.39, 0.29) is 12.6 Å². The Morgan fingerprint density at radius 2 is 2.30 bits per heavy atom. The van der Waals surface area contributed by atoms with Crippen LogP contribution in [0.3, 0.4) is 0 Å². The normalized spacial score (nSPS) is 19.1. The van der Waals surface area contributed by atoms with Crippen molar-refractivity contribution >= 4 is 28.5 Å². The van der Waals surface area contributed by atoms with E-state index in [1.807, 2.05) is 19.2 Å². The molecule has 7 heteroatoms. The fourth-order valence-corrected chi connectivity index (χ4v) is 3.00. The zero-order valence-electron chi connectivity index (χ0n) is 11.6. The van der Waals surface area contributed by atoms with Gasteiger partial charge in [-0.3, -0.25) is 10.1 Å². The molecule has 1 aromatic rings. The van der Waals surface area contributed by atoms with Gasteiger partial charge in [0.05, 0.1) is 11.6 Å². The number of piperidine rings is 1. The van der Waals surface area contributed by atoms with Crippen LogP contribution < -0.4 is 5.32 Å². The topological polar surface area (TPSA) is 82.5 Å². The number of amides is 2. The summed E-state index contributed by atoms with van der Waals surface area (Å²) in [6, 6.07) is -0.263. The average molecular weight is 297 g/mol. The van der Waals surface area contributed by atoms with Gasteiger partial charge in [-0.1, -0.05) is 13.8 Å². The third kappa shape index (κ3) is 3.47. The van der Waals surface area contributed by atoms with E-state index in [2.05, 4.69) is 10.3 Å². The second-order valence-corrected chi connectivity index (χ2v) is 6.14. The number of thiazole rings is 1. The number of carboxylic acid groups (broad SMARTS) is 1. The quantitative estimate of drug-likeness (QED) is 0.898. The number of hydrogen-bond acceptors (Lipinski definition) is 4. The molecule has 2 heterocycles. The first-order valence-electron chi connectivity index (χ1n) is 6.71. The Bertz CT molecular complexity index is 501. The Morgan fingerprint density at radius 3 is 2.90 bits per heavy atom. The van der Waals surface area contributed by atoms with Crippen LogP contribution in [0.1, 0.15) is 38.3 Å². The molecule has 1 atom stereocenters. The van der Waals surface area contributed by atoms with Crippen LogP contribution in [0.4, 0.5) is 9.93 Å². The van der Waals surface area contributed by atoms with Crippen molar-refractivity contribution in [1.82, 2.24) is 9.88 Å². The maximum Gasteiger partial charge on any atom is 0.323 e. The molecule has 6 nitrogen and oxygen atoms in total. The predicted octanol–water partition coefficient (Wildman–Crippen LogP) is 2.60. The Morgan fingerprint density at radius 1 is 1.55 bits per heavy atom. The standard InChI is InChI=1S/C13H19N3O3S/c1-8(2)10-7-20-12(14-10)15-13(19)16-5-3-4-9(6-16)11(17)18/h7-9H,3-6H2,1-2H3,(H,17,18)(H,14,15,19)/t9-/m1/s1. The van der Waals surface area contributed by atoms with E-state index in [0.717, 1.165) is 12.1 Å². The van der Waals surface area contributed by atoms with Gasteiger partial charge in [0, 0.05) is 18.5 Å². The molecule has 1 saturated heterocycles. The van der Waals surface area contributed by atoms with Crippen molar-refractivity contribution in [2.24, 2.45) is 5.92 Å². The Kier molecular flexibility index (Phi) is 4.59. The summed E-state index contributed by atoms with van der Waals surface area (Å²) >= 11 is 1.39. The number of rotatable bonds is 3. The van der Waals surface area contributed by atoms with Crippen molar-refractivity contribution in [2.45, 2.75) is 32.6 Å². The lowest BCUT2D eigenvalue weighted by Gasteiger charge is -2.30. The number of carbonyl (C=O) groups excluding carboxylic acids is 1. The number of carbonyl (C=O) groups is 2. The van der Waals surface area contributed by atoms with Crippen molar-refractivity contribution in [3.05, 3.63) is 11.1 Å². The molecule has 0 radical (unpaired) electrons. The Balaban J connectivity index is 1.95. The summed E-state index contributed by atoms with van der Waals surface area (Å²) in [5.74, 6) is -0.973. The van der Waals surface area contributed by atoms with Gasteiger partial charge < -0.3 is 10.0 Å². The van der Waals surface area contributed by atoms with Crippen molar-refractivity contribution in [3.8, 4) is 0 Å². The second-order valence-electron chi connectivity index (χ2n) is 5.29. The maximum absolute atomic E-state index is 12.1. The van der Waals surface area contributed by atoms with Crippen LogP contribution in [0, 0.1) is 5.92 Å². The molecular formula is C13H19N3O3S. The molecule has 0 bridgehead atoms. The molecule has 0 spiro atoms. The smallest absolute Gasteiger partial charge is 0.323 e. The molecule has 20 heavy (non-hydrogen) atoms. The molecule has 0 unspecified atom stereocenters. The first-order chi connectivity index (χ1) is 9.47. The molecule has 1 aliphatic heterocycles. The molecule has 0 aliphatic carbocycles. The molecule has 0 saturated carbocycles. The molecule has 0 aromatic carbocycles. The molecule has 1 aliphatic rings. The van der Waals surface area contributed by atoms with Gasteiger partial charge in [0.15, 0.2) is 5.13 Å². The van der Waals surface area contributed by atoms with Crippen LogP contribution in [-0.4, -0.2) is 40.1 Å². The van der Waals surface area contributed by atoms with E-state index in [1.54, 1.807) is 4.90 Å². The lowest BCUT2D eigenvalue weighted by Crippen LogP contribution is -2.44. The number of nitrogens with one attached hydrogen (secondary N) is 1. The van der Waals surface area contributed by atoms with E-state index in [1.165, 1.54) is 11.3 Å². The van der Waals surface area contributed by atoms with Gasteiger partial charge >= 0.3 is 12.0 Å². The molecule has 1 aromatic heterocycles. The third-order valence-electron chi connectivity index (χ3n) is 3.39. The number of likely N-dealkylation sites (tertiary alicyclic amines) is 1. The third-order valence-corrected chi connectivity index (χ3v) is 4.16. The van der Waals surface area contributed by atoms with Crippen LogP contribution in [0.5, 0.6) is 0 Å². The highest BCUT2D eigenvalue weighted by molar-refractivity contribution is 7.13. The summed E-state index contributed by atoms with van der Waals surface area (Å²) in [5.41, 5.74) is 0.951. The monoisotopic (exact) mass is 297 g/mol. The van der Waals surface area contributed by atoms with Gasteiger partial charge in [0.25, 0.3) is 0 Å². The van der Waals surface area contributed by atoms with Crippen molar-refractivity contribution in [1.29, 1.82) is 0 Å². The maximum atomic E-state index is 12.1. The molecule has 2 N–H and O–H groups in total. The van der Waals surface area contributed by atoms with Gasteiger partial charge in [-0.15, -0.1) is 11.3 Å². The highest BCUT2D eigenvalue weighted by Gasteiger charge is 2.28. The summed E-state index contributed by atoms with van der Waals surface area (Å²) in [4.78, 5) is 29.0. The first-order valence-corrected chi connectivity index (χ1v) is 7.59. The molecule has 1 fully saturated rings. The first kappa shape index (κ1) is 14.8. The largest absolute Gasteiger partial charge is 0.481 e. The minimum atomic E-state index is -0.834. The zero-order chi connectivity index (χ0) is 14.7. The molecule has 110 valence electrons. The van der Waals surface area contributed by atoms with Crippen LogP contribution in [0.15, 0.2) is 5.38 Å². The fourth-order valence-electron chi connectivity index (χ4n) is 2.14. The van der Waals surface area contributed by atoms with Crippen LogP contribution >= 0.6 is 11.3 Å². The van der Waals surface area contributed by atoms with Gasteiger partial charge in [-0.25, -0.2) is 9.78 Å². The summed E-state index contributed by atoms with van der Waals surface area (Å²) in [6.45, 7) is 4.95. The predicted molar refractivity (Wildman–Crippen MR) is 77.2 cm³/mol. The van der Waals surface area contributed by atoms with Crippen molar-refractivity contribution in [2.75, 3.05) is 18.4 Å². The van der Waals surface area contributed by atoms with E-state index in [0.29, 0.717) is 24.0 Å². The van der Waals surface area contributed by atoms with E-state index >= 15 is 0 Å². The molecule has 2 amide bonds. The Hall–Kier alpha value is -1.63. The molecule has 2 rings (SSSR count). The minimum absolute atomic E-state index is 0.263. The van der Waals surface area contributed by atoms with E-state index in [9.17, 15) is 9.59 Å². The number of hydrogen-bond donors (Lipinski definition) is 2. The average Bonchev–Trinajstić information content (AvgIpc) is 2.87. The van der Waals surface area contributed by atoms with Crippen molar-refractivity contribution in [3.63, 3.8) is 0 Å². The number of urea groups is 1. The van der Waals surface area contributed by atoms with Crippen LogP contribution in [0.2, 0.25) is 0 Å². The summed E-state index contributed by atoms with van der Waals surface area (Å²) in [6.07, 6.45) is 1.35. The highest BCUT2D eigenvalue weighted by Crippen LogP contribution is 2.23. The van der Waals surface area contributed by atoms with Gasteiger partial charge in [0.2, 0.25) is 0 Å². The SMILES string of the molecule is CC(C)c1csc(NC(=O)N2CCC[C@@H](C(=O)O)C2)n1. The van der Waals surface area contributed by atoms with Crippen molar-refractivity contribution < 1.29 is 14.7 Å². The lowest BCUT2D eigenvalue weighted by molar-refractivity contribution is -0.143. The number of nitrogens with zero attached hydrogens (tertiary/aromatic N) is 2. The number of anilines is 1. The Labute approximate surface area is 121 Å². The van der Waals surface area contributed by atoms with E-state index in [4.69, 9.17) is 5.11 Å². The summed E-state index contributed by atoms with van der Waals surface area (Å²) in [7, 11) is 0. The van der Waals surface area contributed by atoms with Crippen LogP contribution in [-0.2, 0) is 4.79 Å². The molecular weight excluding hydrogens is 278 g/mol. The van der Waals surface area contributed by atoms with Gasteiger partial charge in [0.1, 0.15) is 0 Å². The van der Waals surface area contributed by atoms with Gasteiger partial charge in [-0.05, 0) is 18.8 Å². The summed E-state index contributed by atoms with van der Waals surface area (Å²) in [5, 5.41) is 14.3. The van der Waals surface area contributed by atoms with Crippen LogP contribution in [0.25, 0.3) is 0 Å². The summed E-state index contributed by atoms with van der Waals surface area (Å²) < 4.78 is 0. The van der Waals surface area contributed by atoms with Gasteiger partial charge in [-0.2, -0.15) is 0 Å². The zero-order valence-corrected chi connectivity index (χ0v) is 12.4. The highest BCUT2D eigenvalue weighted by atomic mass is 32.1. The second kappa shape index (κ2) is 6.21. The lowest BCUT2D eigenvalue weighted by atomic mass is 9.99. The minimum Gasteiger partial charge on any atom is -0.481 e. The van der Waals surface area contributed by atoms with E-state index < -0.39 is 11.9 Å². The number of aliphatic carboxylic acids is 1. The number of aromatic nitrogens is 1. The fraction of sp³-hybridized carbons (Fsp3) is 0.615.